The molecular weight excluding hydrogens is 390 g/mol. The number of amides is 1. The molecule has 0 saturated carbocycles. The third-order valence-corrected chi connectivity index (χ3v) is 4.94. The van der Waals surface area contributed by atoms with Crippen LogP contribution in [0, 0.1) is 13.8 Å². The Labute approximate surface area is 170 Å². The van der Waals surface area contributed by atoms with Crippen LogP contribution < -0.4 is 5.32 Å². The first-order valence-electron chi connectivity index (χ1n) is 8.81. The fourth-order valence-corrected chi connectivity index (χ4v) is 3.51. The Balaban J connectivity index is 1.41. The lowest BCUT2D eigenvalue weighted by Gasteiger charge is -2.07. The molecule has 9 heteroatoms. The minimum absolute atomic E-state index is 0.249. The van der Waals surface area contributed by atoms with E-state index in [0.29, 0.717) is 17.0 Å². The summed E-state index contributed by atoms with van der Waals surface area (Å²) >= 11 is 1.56. The Morgan fingerprint density at radius 1 is 1.24 bits per heavy atom. The van der Waals surface area contributed by atoms with Gasteiger partial charge in [0.1, 0.15) is 5.56 Å². The topological polar surface area (TPSA) is 98.5 Å². The molecule has 8 nitrogen and oxygen atoms in total. The van der Waals surface area contributed by atoms with E-state index >= 15 is 0 Å². The van der Waals surface area contributed by atoms with Crippen molar-refractivity contribution in [1.29, 1.82) is 0 Å². The van der Waals surface area contributed by atoms with E-state index < -0.39 is 18.5 Å². The second-order valence-corrected chi connectivity index (χ2v) is 7.37. The highest BCUT2D eigenvalue weighted by molar-refractivity contribution is 7.09. The largest absolute Gasteiger partial charge is 0.452 e. The van der Waals surface area contributed by atoms with Gasteiger partial charge >= 0.3 is 5.97 Å². The van der Waals surface area contributed by atoms with Crippen LogP contribution in [0.1, 0.15) is 21.1 Å². The SMILES string of the molecule is Cc1nc(-c2cccc(NC(=O)COC(=O)c3c(C)nn4cccnc34)c2)cs1. The maximum Gasteiger partial charge on any atom is 0.344 e. The third kappa shape index (κ3) is 3.99. The van der Waals surface area contributed by atoms with Crippen LogP contribution in [0.3, 0.4) is 0 Å². The van der Waals surface area contributed by atoms with Gasteiger partial charge in [-0.15, -0.1) is 11.3 Å². The lowest BCUT2D eigenvalue weighted by molar-refractivity contribution is -0.119. The Bertz CT molecular complexity index is 1210. The first-order valence-corrected chi connectivity index (χ1v) is 9.69. The van der Waals surface area contributed by atoms with Crippen LogP contribution in [-0.2, 0) is 9.53 Å². The number of benzene rings is 1. The number of nitrogens with one attached hydrogen (secondary N) is 1. The number of anilines is 1. The zero-order chi connectivity index (χ0) is 20.4. The van der Waals surface area contributed by atoms with Gasteiger partial charge in [-0.05, 0) is 32.0 Å². The second-order valence-electron chi connectivity index (χ2n) is 6.31. The summed E-state index contributed by atoms with van der Waals surface area (Å²) < 4.78 is 6.67. The number of thiazole rings is 1. The first-order chi connectivity index (χ1) is 14.0. The van der Waals surface area contributed by atoms with Gasteiger partial charge in [-0.25, -0.2) is 19.3 Å². The summed E-state index contributed by atoms with van der Waals surface area (Å²) in [6, 6.07) is 9.06. The number of ether oxygens (including phenoxy) is 1. The number of aromatic nitrogens is 4. The summed E-state index contributed by atoms with van der Waals surface area (Å²) in [6.07, 6.45) is 3.26. The molecule has 0 radical (unpaired) electrons. The quantitative estimate of drug-likeness (QED) is 0.510. The van der Waals surface area contributed by atoms with Crippen molar-refractivity contribution >= 4 is 34.5 Å². The Morgan fingerprint density at radius 2 is 2.10 bits per heavy atom. The van der Waals surface area contributed by atoms with Crippen LogP contribution in [0.2, 0.25) is 0 Å². The molecule has 3 heterocycles. The van der Waals surface area contributed by atoms with E-state index in [4.69, 9.17) is 4.74 Å². The normalized spacial score (nSPS) is 10.8. The van der Waals surface area contributed by atoms with Crippen LogP contribution in [0.25, 0.3) is 16.9 Å². The van der Waals surface area contributed by atoms with Gasteiger partial charge < -0.3 is 10.1 Å². The third-order valence-electron chi connectivity index (χ3n) is 4.17. The molecule has 0 aliphatic rings. The molecule has 0 saturated heterocycles. The smallest absolute Gasteiger partial charge is 0.344 e. The van der Waals surface area contributed by atoms with Crippen molar-refractivity contribution in [3.63, 3.8) is 0 Å². The number of hydrogen-bond acceptors (Lipinski definition) is 7. The number of rotatable bonds is 5. The molecular formula is C20H17N5O3S. The number of carbonyl (C=O) groups is 2. The molecule has 0 aliphatic carbocycles. The van der Waals surface area contributed by atoms with E-state index in [1.54, 1.807) is 42.8 Å². The van der Waals surface area contributed by atoms with Crippen molar-refractivity contribution in [1.82, 2.24) is 19.6 Å². The van der Waals surface area contributed by atoms with E-state index in [0.717, 1.165) is 16.3 Å². The first kappa shape index (κ1) is 18.8. The molecule has 0 aliphatic heterocycles. The highest BCUT2D eigenvalue weighted by Gasteiger charge is 2.20. The molecule has 0 atom stereocenters. The van der Waals surface area contributed by atoms with Gasteiger partial charge in [0.15, 0.2) is 12.3 Å². The Hall–Kier alpha value is -3.59. The van der Waals surface area contributed by atoms with E-state index in [2.05, 4.69) is 20.4 Å². The van der Waals surface area contributed by atoms with Crippen molar-refractivity contribution in [3.05, 3.63) is 64.4 Å². The minimum Gasteiger partial charge on any atom is -0.452 e. The zero-order valence-electron chi connectivity index (χ0n) is 15.7. The molecule has 146 valence electrons. The van der Waals surface area contributed by atoms with Crippen LogP contribution in [-0.4, -0.2) is 38.1 Å². The van der Waals surface area contributed by atoms with Gasteiger partial charge in [0.25, 0.3) is 5.91 Å². The van der Waals surface area contributed by atoms with Crippen LogP contribution in [0.5, 0.6) is 0 Å². The summed E-state index contributed by atoms with van der Waals surface area (Å²) in [5.74, 6) is -1.08. The van der Waals surface area contributed by atoms with Gasteiger partial charge in [-0.2, -0.15) is 5.10 Å². The highest BCUT2D eigenvalue weighted by atomic mass is 32.1. The van der Waals surface area contributed by atoms with Crippen LogP contribution in [0.15, 0.2) is 48.1 Å². The minimum atomic E-state index is -0.641. The summed E-state index contributed by atoms with van der Waals surface area (Å²) in [5, 5.41) is 9.89. The number of hydrogen-bond donors (Lipinski definition) is 1. The van der Waals surface area contributed by atoms with Crippen molar-refractivity contribution in [2.75, 3.05) is 11.9 Å². The average molecular weight is 407 g/mol. The van der Waals surface area contributed by atoms with E-state index in [-0.39, 0.29) is 5.56 Å². The van der Waals surface area contributed by atoms with Crippen LogP contribution >= 0.6 is 11.3 Å². The lowest BCUT2D eigenvalue weighted by Crippen LogP contribution is -2.21. The van der Waals surface area contributed by atoms with Gasteiger partial charge in [0.05, 0.1) is 16.4 Å². The Kier molecular flexibility index (Phi) is 5.05. The molecule has 29 heavy (non-hydrogen) atoms. The molecule has 4 aromatic rings. The van der Waals surface area contributed by atoms with E-state index in [1.165, 1.54) is 4.52 Å². The predicted molar refractivity (Wildman–Crippen MR) is 109 cm³/mol. The maximum atomic E-state index is 12.4. The molecule has 0 unspecified atom stereocenters. The molecule has 1 amide bonds. The van der Waals surface area contributed by atoms with Gasteiger partial charge in [-0.3, -0.25) is 4.79 Å². The molecule has 1 aromatic carbocycles. The van der Waals surface area contributed by atoms with E-state index in [9.17, 15) is 9.59 Å². The van der Waals surface area contributed by atoms with Crippen molar-refractivity contribution in [2.24, 2.45) is 0 Å². The fourth-order valence-electron chi connectivity index (χ4n) is 2.89. The average Bonchev–Trinajstić information content (AvgIpc) is 3.28. The van der Waals surface area contributed by atoms with Crippen LogP contribution in [0.4, 0.5) is 5.69 Å². The number of fused-ring (bicyclic) bond motifs is 1. The fraction of sp³-hybridized carbons (Fsp3) is 0.150. The molecule has 4 rings (SSSR count). The number of carbonyl (C=O) groups excluding carboxylic acids is 2. The Morgan fingerprint density at radius 3 is 2.90 bits per heavy atom. The molecule has 0 fully saturated rings. The zero-order valence-corrected chi connectivity index (χ0v) is 16.6. The summed E-state index contributed by atoms with van der Waals surface area (Å²) in [6.45, 7) is 3.22. The van der Waals surface area contributed by atoms with Crippen molar-refractivity contribution < 1.29 is 14.3 Å². The molecule has 3 aromatic heterocycles. The molecule has 1 N–H and O–H groups in total. The lowest BCUT2D eigenvalue weighted by atomic mass is 10.1. The molecule has 0 bridgehead atoms. The van der Waals surface area contributed by atoms with Gasteiger partial charge in [-0.1, -0.05) is 12.1 Å². The second kappa shape index (κ2) is 7.80. The van der Waals surface area contributed by atoms with Crippen molar-refractivity contribution in [3.8, 4) is 11.3 Å². The standard InChI is InChI=1S/C20H17N5O3S/c1-12-18(19-21-7-4-8-25(19)24-12)20(27)28-10-17(26)23-15-6-3-5-14(9-15)16-11-29-13(2)22-16/h3-9,11H,10H2,1-2H3,(H,23,26). The van der Waals surface area contributed by atoms with Gasteiger partial charge in [0, 0.05) is 29.0 Å². The summed E-state index contributed by atoms with van der Waals surface area (Å²) in [7, 11) is 0. The monoisotopic (exact) mass is 407 g/mol. The summed E-state index contributed by atoms with van der Waals surface area (Å²) in [5.41, 5.74) is 3.48. The van der Waals surface area contributed by atoms with E-state index in [1.807, 2.05) is 30.5 Å². The maximum absolute atomic E-state index is 12.4. The van der Waals surface area contributed by atoms with Crippen molar-refractivity contribution in [2.45, 2.75) is 13.8 Å². The molecule has 0 spiro atoms. The van der Waals surface area contributed by atoms with Gasteiger partial charge in [0.2, 0.25) is 0 Å². The predicted octanol–water partition coefficient (Wildman–Crippen LogP) is 3.27. The highest BCUT2D eigenvalue weighted by Crippen LogP contribution is 2.24. The number of aryl methyl sites for hydroxylation is 2. The number of esters is 1. The number of nitrogens with zero attached hydrogens (tertiary/aromatic N) is 4. The summed E-state index contributed by atoms with van der Waals surface area (Å²) in [4.78, 5) is 33.3.